The van der Waals surface area contributed by atoms with Gasteiger partial charge < -0.3 is 10.3 Å². The number of aromatic nitrogens is 3. The predicted molar refractivity (Wildman–Crippen MR) is 129 cm³/mol. The van der Waals surface area contributed by atoms with Crippen molar-refractivity contribution >= 4 is 26.9 Å². The highest BCUT2D eigenvalue weighted by Crippen LogP contribution is 2.44. The quantitative estimate of drug-likeness (QED) is 0.463. The summed E-state index contributed by atoms with van der Waals surface area (Å²) in [4.78, 5) is 8.43. The van der Waals surface area contributed by atoms with Crippen LogP contribution in [0.1, 0.15) is 37.3 Å². The van der Waals surface area contributed by atoms with E-state index in [1.807, 2.05) is 4.57 Å². The average molecular weight is 538 g/mol. The maximum Gasteiger partial charge on any atom is 0.523 e. The van der Waals surface area contributed by atoms with Gasteiger partial charge in [0.05, 0.1) is 5.39 Å². The minimum Gasteiger partial charge on any atom is -0.383 e. The lowest BCUT2D eigenvalue weighted by atomic mass is 9.87. The maximum absolute atomic E-state index is 15.7. The van der Waals surface area contributed by atoms with E-state index in [9.17, 15) is 21.6 Å². The van der Waals surface area contributed by atoms with Crippen molar-refractivity contribution in [3.63, 3.8) is 0 Å². The molecule has 1 fully saturated rings. The molecule has 2 aromatic heterocycles. The maximum atomic E-state index is 15.7. The van der Waals surface area contributed by atoms with Gasteiger partial charge >= 0.3 is 6.36 Å². The fraction of sp³-hybridized carbons (Fsp3) is 0.333. The zero-order valence-electron chi connectivity index (χ0n) is 19.3. The molecule has 0 bridgehead atoms. The molecule has 8 nitrogen and oxygen atoms in total. The van der Waals surface area contributed by atoms with Crippen LogP contribution in [-0.4, -0.2) is 35.4 Å². The lowest BCUT2D eigenvalue weighted by Crippen LogP contribution is -2.51. The smallest absolute Gasteiger partial charge is 0.383 e. The van der Waals surface area contributed by atoms with Crippen molar-refractivity contribution in [2.75, 3.05) is 5.73 Å². The SMILES string of the molecule is Nc1ncnc2c1c(-c1ccc(C3(S(N)(=O)=O)C=CC=CC3OC(F)(F)F)c(F)c1)cn2C1CCCC1. The molecule has 2 aliphatic rings. The molecule has 196 valence electrons. The van der Waals surface area contributed by atoms with Gasteiger partial charge in [-0.05, 0) is 24.5 Å². The van der Waals surface area contributed by atoms with Gasteiger partial charge in [0.2, 0.25) is 10.0 Å². The van der Waals surface area contributed by atoms with Crippen molar-refractivity contribution in [2.45, 2.75) is 48.9 Å². The molecule has 2 atom stereocenters. The summed E-state index contributed by atoms with van der Waals surface area (Å²) in [5, 5.41) is 5.91. The summed E-state index contributed by atoms with van der Waals surface area (Å²) in [7, 11) is -4.86. The Morgan fingerprint density at radius 2 is 1.86 bits per heavy atom. The number of anilines is 1. The van der Waals surface area contributed by atoms with Crippen LogP contribution in [0.5, 0.6) is 0 Å². The van der Waals surface area contributed by atoms with Crippen LogP contribution < -0.4 is 10.9 Å². The van der Waals surface area contributed by atoms with E-state index in [-0.39, 0.29) is 11.9 Å². The van der Waals surface area contributed by atoms with Crippen LogP contribution >= 0.6 is 0 Å². The van der Waals surface area contributed by atoms with Crippen molar-refractivity contribution < 1.29 is 30.7 Å². The van der Waals surface area contributed by atoms with Crippen LogP contribution in [0.15, 0.2) is 55.0 Å². The third-order valence-corrected chi connectivity index (χ3v) is 8.48. The number of nitrogens with zero attached hydrogens (tertiary/aromatic N) is 3. The number of alkyl halides is 3. The van der Waals surface area contributed by atoms with Crippen molar-refractivity contribution in [3.8, 4) is 11.1 Å². The van der Waals surface area contributed by atoms with E-state index in [2.05, 4.69) is 14.7 Å². The number of halogens is 4. The first-order valence-electron chi connectivity index (χ1n) is 11.5. The number of rotatable bonds is 5. The number of ether oxygens (including phenoxy) is 1. The Morgan fingerprint density at radius 3 is 2.51 bits per heavy atom. The highest BCUT2D eigenvalue weighted by molar-refractivity contribution is 7.90. The van der Waals surface area contributed by atoms with Gasteiger partial charge in [-0.25, -0.2) is 27.9 Å². The van der Waals surface area contributed by atoms with E-state index in [1.54, 1.807) is 6.20 Å². The Morgan fingerprint density at radius 1 is 1.14 bits per heavy atom. The molecule has 2 unspecified atom stereocenters. The van der Waals surface area contributed by atoms with Crippen LogP contribution in [-0.2, 0) is 19.5 Å². The lowest BCUT2D eigenvalue weighted by Gasteiger charge is -2.36. The molecule has 0 aliphatic heterocycles. The molecular weight excluding hydrogens is 514 g/mol. The van der Waals surface area contributed by atoms with Gasteiger partial charge in [0.25, 0.3) is 0 Å². The number of hydrogen-bond donors (Lipinski definition) is 2. The summed E-state index contributed by atoms with van der Waals surface area (Å²) < 4.78 is 84.0. The number of benzene rings is 1. The number of sulfonamides is 1. The van der Waals surface area contributed by atoms with E-state index in [4.69, 9.17) is 10.9 Å². The van der Waals surface area contributed by atoms with E-state index < -0.39 is 38.6 Å². The van der Waals surface area contributed by atoms with E-state index >= 15 is 4.39 Å². The van der Waals surface area contributed by atoms with Gasteiger partial charge in [-0.3, -0.25) is 4.74 Å². The molecule has 0 saturated heterocycles. The molecule has 1 saturated carbocycles. The Balaban J connectivity index is 1.67. The van der Waals surface area contributed by atoms with Gasteiger partial charge in [-0.2, -0.15) is 0 Å². The van der Waals surface area contributed by atoms with Gasteiger partial charge in [0.15, 0.2) is 4.75 Å². The van der Waals surface area contributed by atoms with Gasteiger partial charge in [0.1, 0.15) is 29.7 Å². The first kappa shape index (κ1) is 25.4. The number of nitrogens with two attached hydrogens (primary N) is 2. The summed E-state index contributed by atoms with van der Waals surface area (Å²) in [6.07, 6.45) is 3.92. The molecule has 4 N–H and O–H groups in total. The molecule has 13 heteroatoms. The molecular formula is C24H23F4N5O3S. The Bertz CT molecular complexity index is 1530. The van der Waals surface area contributed by atoms with E-state index in [0.29, 0.717) is 22.2 Å². The predicted octanol–water partition coefficient (Wildman–Crippen LogP) is 4.45. The van der Waals surface area contributed by atoms with Crippen LogP contribution in [0.3, 0.4) is 0 Å². The molecule has 5 rings (SSSR count). The van der Waals surface area contributed by atoms with Crippen molar-refractivity contribution in [2.24, 2.45) is 5.14 Å². The fourth-order valence-corrected chi connectivity index (χ4v) is 6.50. The average Bonchev–Trinajstić information content (AvgIpc) is 3.46. The second kappa shape index (κ2) is 8.92. The summed E-state index contributed by atoms with van der Waals surface area (Å²) in [6, 6.07) is 3.73. The zero-order chi connectivity index (χ0) is 26.6. The Labute approximate surface area is 209 Å². The zero-order valence-corrected chi connectivity index (χ0v) is 20.1. The standard InChI is InChI=1S/C24H23F4N5O3S/c25-18-11-14(16-12-33(15-5-1-2-6-15)22-20(16)21(29)31-13-32-22)8-9-17(18)23(37(30,34)35)10-4-3-7-19(23)36-24(26,27)28/h3-4,7-13,15,19H,1-2,5-6H2,(H2,29,31,32)(H2,30,34,35). The minimum atomic E-state index is -5.20. The third-order valence-electron chi connectivity index (χ3n) is 6.95. The Kier molecular flexibility index (Phi) is 6.12. The normalized spacial score (nSPS) is 22.8. The molecule has 2 heterocycles. The molecule has 0 radical (unpaired) electrons. The summed E-state index contributed by atoms with van der Waals surface area (Å²) >= 11 is 0. The first-order valence-corrected chi connectivity index (χ1v) is 13.0. The number of fused-ring (bicyclic) bond motifs is 1. The summed E-state index contributed by atoms with van der Waals surface area (Å²) in [5.74, 6) is -0.902. The summed E-state index contributed by atoms with van der Waals surface area (Å²) in [5.41, 5.74) is 6.98. The highest BCUT2D eigenvalue weighted by Gasteiger charge is 2.54. The number of hydrogen-bond acceptors (Lipinski definition) is 6. The van der Waals surface area contributed by atoms with Crippen LogP contribution in [0.4, 0.5) is 23.4 Å². The second-order valence-corrected chi connectivity index (χ2v) is 10.9. The summed E-state index contributed by atoms with van der Waals surface area (Å²) in [6.45, 7) is 0. The molecule has 1 aromatic carbocycles. The monoisotopic (exact) mass is 537 g/mol. The number of primary sulfonamides is 1. The Hall–Kier alpha value is -3.29. The van der Waals surface area contributed by atoms with E-state index in [0.717, 1.165) is 50.0 Å². The largest absolute Gasteiger partial charge is 0.523 e. The van der Waals surface area contributed by atoms with Crippen LogP contribution in [0.25, 0.3) is 22.2 Å². The number of allylic oxidation sites excluding steroid dienone is 2. The van der Waals surface area contributed by atoms with Crippen molar-refractivity contribution in [3.05, 3.63) is 66.4 Å². The molecule has 0 amide bonds. The minimum absolute atomic E-state index is 0.180. The van der Waals surface area contributed by atoms with Gasteiger partial charge in [-0.15, -0.1) is 13.2 Å². The lowest BCUT2D eigenvalue weighted by molar-refractivity contribution is -0.339. The van der Waals surface area contributed by atoms with Crippen LogP contribution in [0, 0.1) is 5.82 Å². The fourth-order valence-electron chi connectivity index (χ4n) is 5.31. The van der Waals surface area contributed by atoms with Crippen LogP contribution in [0.2, 0.25) is 0 Å². The van der Waals surface area contributed by atoms with Crippen molar-refractivity contribution in [1.29, 1.82) is 0 Å². The third kappa shape index (κ3) is 4.30. The highest BCUT2D eigenvalue weighted by atomic mass is 32.2. The number of nitrogen functional groups attached to an aromatic ring is 1. The molecule has 3 aromatic rings. The first-order chi connectivity index (χ1) is 17.4. The van der Waals surface area contributed by atoms with E-state index in [1.165, 1.54) is 24.5 Å². The second-order valence-electron chi connectivity index (χ2n) is 9.11. The van der Waals surface area contributed by atoms with Gasteiger partial charge in [-0.1, -0.05) is 49.3 Å². The topological polar surface area (TPSA) is 126 Å². The van der Waals surface area contributed by atoms with Gasteiger partial charge in [0, 0.05) is 23.4 Å². The molecule has 2 aliphatic carbocycles. The van der Waals surface area contributed by atoms with Crippen molar-refractivity contribution in [1.82, 2.24) is 14.5 Å². The molecule has 0 spiro atoms. The molecule has 37 heavy (non-hydrogen) atoms.